The van der Waals surface area contributed by atoms with Gasteiger partial charge in [0.25, 0.3) is 0 Å². The number of hydrogen-bond donors (Lipinski definition) is 2. The minimum Gasteiger partial charge on any atom is -0.497 e. The summed E-state index contributed by atoms with van der Waals surface area (Å²) in [5.74, 6) is -2.63. The standard InChI is InChI=1S/C14H14N4O6/c1-15-13(22)16-10(19)7-17-11(20)12(21)18(14(17)23)8-3-5-9(24-2)6-4-8/h3-6H,7H2,1-2H3,(H2,15,16,19,22). The molecular formula is C14H14N4O6. The Morgan fingerprint density at radius 3 is 2.25 bits per heavy atom. The number of carbonyl (C=O) groups is 5. The minimum absolute atomic E-state index is 0.161. The van der Waals surface area contributed by atoms with Crippen molar-refractivity contribution in [1.29, 1.82) is 0 Å². The normalized spacial score (nSPS) is 14.0. The molecule has 1 fully saturated rings. The molecule has 0 unspecified atom stereocenters. The maximum Gasteiger partial charge on any atom is 0.339 e. The Bertz CT molecular complexity index is 714. The lowest BCUT2D eigenvalue weighted by Crippen LogP contribution is -2.45. The van der Waals surface area contributed by atoms with Gasteiger partial charge in [-0.25, -0.2) is 19.4 Å². The van der Waals surface area contributed by atoms with Gasteiger partial charge in [0.15, 0.2) is 0 Å². The van der Waals surface area contributed by atoms with Crippen molar-refractivity contribution in [3.8, 4) is 5.75 Å². The number of imide groups is 3. The molecule has 1 aromatic carbocycles. The lowest BCUT2D eigenvalue weighted by atomic mass is 10.3. The van der Waals surface area contributed by atoms with Crippen molar-refractivity contribution in [1.82, 2.24) is 15.5 Å². The molecule has 1 aliphatic heterocycles. The molecule has 0 radical (unpaired) electrons. The van der Waals surface area contributed by atoms with Gasteiger partial charge in [-0.2, -0.15) is 0 Å². The van der Waals surface area contributed by atoms with Crippen molar-refractivity contribution in [2.24, 2.45) is 0 Å². The molecule has 0 atom stereocenters. The van der Waals surface area contributed by atoms with E-state index in [0.29, 0.717) is 15.5 Å². The van der Waals surface area contributed by atoms with Crippen molar-refractivity contribution in [2.75, 3.05) is 25.6 Å². The van der Waals surface area contributed by atoms with Crippen LogP contribution in [0.5, 0.6) is 5.75 Å². The van der Waals surface area contributed by atoms with Gasteiger partial charge in [-0.1, -0.05) is 0 Å². The SMILES string of the molecule is CNC(=O)NC(=O)CN1C(=O)C(=O)N(c2ccc(OC)cc2)C1=O. The Kier molecular flexibility index (Phi) is 4.78. The number of rotatable bonds is 4. The topological polar surface area (TPSA) is 125 Å². The number of benzene rings is 1. The Balaban J connectivity index is 2.17. The summed E-state index contributed by atoms with van der Waals surface area (Å²) in [6, 6.07) is 4.12. The number of nitrogens with one attached hydrogen (secondary N) is 2. The van der Waals surface area contributed by atoms with E-state index >= 15 is 0 Å². The molecule has 7 amide bonds. The predicted molar refractivity (Wildman–Crippen MR) is 80.2 cm³/mol. The number of urea groups is 2. The van der Waals surface area contributed by atoms with Gasteiger partial charge in [0, 0.05) is 7.05 Å². The molecule has 1 heterocycles. The zero-order valence-corrected chi connectivity index (χ0v) is 12.9. The first-order valence-corrected chi connectivity index (χ1v) is 6.74. The predicted octanol–water partition coefficient (Wildman–Crippen LogP) is -0.554. The van der Waals surface area contributed by atoms with Crippen molar-refractivity contribution in [2.45, 2.75) is 0 Å². The van der Waals surface area contributed by atoms with E-state index in [1.165, 1.54) is 38.4 Å². The van der Waals surface area contributed by atoms with E-state index in [2.05, 4.69) is 5.32 Å². The van der Waals surface area contributed by atoms with E-state index in [-0.39, 0.29) is 5.69 Å². The second-order valence-electron chi connectivity index (χ2n) is 4.64. The Hall–Kier alpha value is -3.43. The quantitative estimate of drug-likeness (QED) is 0.562. The highest BCUT2D eigenvalue weighted by Crippen LogP contribution is 2.24. The molecule has 0 aromatic heterocycles. The van der Waals surface area contributed by atoms with Gasteiger partial charge in [-0.3, -0.25) is 19.7 Å². The maximum atomic E-state index is 12.3. The molecule has 2 N–H and O–H groups in total. The van der Waals surface area contributed by atoms with Gasteiger partial charge in [-0.15, -0.1) is 0 Å². The molecule has 2 rings (SSSR count). The first kappa shape index (κ1) is 16.9. The van der Waals surface area contributed by atoms with Gasteiger partial charge < -0.3 is 10.1 Å². The molecule has 0 spiro atoms. The fraction of sp³-hybridized carbons (Fsp3) is 0.214. The minimum atomic E-state index is -1.15. The lowest BCUT2D eigenvalue weighted by molar-refractivity contribution is -0.140. The van der Waals surface area contributed by atoms with Crippen LogP contribution in [0.1, 0.15) is 0 Å². The molecular weight excluding hydrogens is 320 g/mol. The first-order chi connectivity index (χ1) is 11.4. The summed E-state index contributed by atoms with van der Waals surface area (Å²) in [5.41, 5.74) is 0.161. The largest absolute Gasteiger partial charge is 0.497 e. The Morgan fingerprint density at radius 2 is 1.71 bits per heavy atom. The molecule has 1 aliphatic rings. The highest BCUT2D eigenvalue weighted by Gasteiger charge is 2.46. The van der Waals surface area contributed by atoms with Crippen LogP contribution in [-0.2, 0) is 14.4 Å². The Morgan fingerprint density at radius 1 is 1.08 bits per heavy atom. The van der Waals surface area contributed by atoms with E-state index in [4.69, 9.17) is 4.74 Å². The summed E-state index contributed by atoms with van der Waals surface area (Å²) >= 11 is 0. The van der Waals surface area contributed by atoms with Crippen LogP contribution in [0.3, 0.4) is 0 Å². The summed E-state index contributed by atoms with van der Waals surface area (Å²) in [7, 11) is 2.75. The molecule has 1 aromatic rings. The summed E-state index contributed by atoms with van der Waals surface area (Å²) in [5, 5.41) is 4.05. The Labute approximate surface area is 136 Å². The monoisotopic (exact) mass is 334 g/mol. The third-order valence-electron chi connectivity index (χ3n) is 3.17. The summed E-state index contributed by atoms with van der Waals surface area (Å²) < 4.78 is 4.97. The van der Waals surface area contributed by atoms with Gasteiger partial charge >= 0.3 is 23.9 Å². The van der Waals surface area contributed by atoms with Crippen LogP contribution in [0.2, 0.25) is 0 Å². The second-order valence-corrected chi connectivity index (χ2v) is 4.64. The number of carbonyl (C=O) groups excluding carboxylic acids is 5. The van der Waals surface area contributed by atoms with Gasteiger partial charge in [-0.05, 0) is 24.3 Å². The van der Waals surface area contributed by atoms with Crippen LogP contribution in [0.4, 0.5) is 15.3 Å². The van der Waals surface area contributed by atoms with Crippen LogP contribution in [0.15, 0.2) is 24.3 Å². The van der Waals surface area contributed by atoms with Gasteiger partial charge in [0.2, 0.25) is 5.91 Å². The van der Waals surface area contributed by atoms with Crippen molar-refractivity contribution < 1.29 is 28.7 Å². The van der Waals surface area contributed by atoms with Crippen LogP contribution < -0.4 is 20.3 Å². The molecule has 0 saturated carbocycles. The lowest BCUT2D eigenvalue weighted by Gasteiger charge is -2.15. The fourth-order valence-corrected chi connectivity index (χ4v) is 1.98. The van der Waals surface area contributed by atoms with Gasteiger partial charge in [0.1, 0.15) is 12.3 Å². The fourth-order valence-electron chi connectivity index (χ4n) is 1.98. The van der Waals surface area contributed by atoms with Crippen LogP contribution in [-0.4, -0.2) is 55.4 Å². The summed E-state index contributed by atoms with van der Waals surface area (Å²) in [4.78, 5) is 60.0. The van der Waals surface area contributed by atoms with Crippen LogP contribution in [0, 0.1) is 0 Å². The number of hydrogen-bond acceptors (Lipinski definition) is 6. The van der Waals surface area contributed by atoms with E-state index < -0.39 is 36.3 Å². The molecule has 0 bridgehead atoms. The zero-order chi connectivity index (χ0) is 17.9. The third kappa shape index (κ3) is 3.16. The van der Waals surface area contributed by atoms with Crippen molar-refractivity contribution >= 4 is 35.5 Å². The highest BCUT2D eigenvalue weighted by atomic mass is 16.5. The van der Waals surface area contributed by atoms with Crippen molar-refractivity contribution in [3.63, 3.8) is 0 Å². The number of anilines is 1. The van der Waals surface area contributed by atoms with Crippen LogP contribution in [0.25, 0.3) is 0 Å². The van der Waals surface area contributed by atoms with Gasteiger partial charge in [0.05, 0.1) is 12.8 Å². The molecule has 24 heavy (non-hydrogen) atoms. The van der Waals surface area contributed by atoms with Crippen LogP contribution >= 0.6 is 0 Å². The number of nitrogens with zero attached hydrogens (tertiary/aromatic N) is 2. The highest BCUT2D eigenvalue weighted by molar-refractivity contribution is 6.53. The first-order valence-electron chi connectivity index (χ1n) is 6.74. The van der Waals surface area contributed by atoms with E-state index in [1.54, 1.807) is 0 Å². The third-order valence-corrected chi connectivity index (χ3v) is 3.17. The smallest absolute Gasteiger partial charge is 0.339 e. The second kappa shape index (κ2) is 6.77. The van der Waals surface area contributed by atoms with E-state index in [9.17, 15) is 24.0 Å². The molecule has 126 valence electrons. The zero-order valence-electron chi connectivity index (χ0n) is 12.9. The average Bonchev–Trinajstić information content (AvgIpc) is 2.78. The molecule has 1 saturated heterocycles. The molecule has 10 heteroatoms. The number of methoxy groups -OCH3 is 1. The maximum absolute atomic E-state index is 12.3. The summed E-state index contributed by atoms with van der Waals surface area (Å²) in [6.45, 7) is -0.747. The molecule has 10 nitrogen and oxygen atoms in total. The average molecular weight is 334 g/mol. The van der Waals surface area contributed by atoms with E-state index in [1.807, 2.05) is 5.32 Å². The number of amides is 7. The summed E-state index contributed by atoms with van der Waals surface area (Å²) in [6.07, 6.45) is 0. The van der Waals surface area contributed by atoms with E-state index in [0.717, 1.165) is 0 Å². The van der Waals surface area contributed by atoms with Crippen molar-refractivity contribution in [3.05, 3.63) is 24.3 Å². The molecule has 0 aliphatic carbocycles. The number of ether oxygens (including phenoxy) is 1.